The lowest BCUT2D eigenvalue weighted by atomic mass is 9.50. The molecule has 4 aliphatic carbocycles. The van der Waals surface area contributed by atoms with Gasteiger partial charge in [0.2, 0.25) is 0 Å². The summed E-state index contributed by atoms with van der Waals surface area (Å²) >= 11 is 0. The maximum atomic E-state index is 12.7. The van der Waals surface area contributed by atoms with Gasteiger partial charge in [-0.25, -0.2) is 4.79 Å². The van der Waals surface area contributed by atoms with Gasteiger partial charge in [-0.1, -0.05) is 46.1 Å². The molecule has 2 saturated heterocycles. The molecule has 4 unspecified atom stereocenters. The van der Waals surface area contributed by atoms with E-state index in [-0.39, 0.29) is 28.4 Å². The lowest BCUT2D eigenvalue weighted by Crippen LogP contribution is -2.68. The van der Waals surface area contributed by atoms with E-state index in [0.717, 1.165) is 90.6 Å². The van der Waals surface area contributed by atoms with Gasteiger partial charge in [0.25, 0.3) is 0 Å². The van der Waals surface area contributed by atoms with Crippen molar-refractivity contribution in [2.45, 2.75) is 164 Å². The van der Waals surface area contributed by atoms with Gasteiger partial charge in [-0.15, -0.1) is 0 Å². The average Bonchev–Trinajstić information content (AvgIpc) is 2.85. The monoisotopic (exact) mass is 560 g/mol. The molecular formula is C34H56O6. The molecule has 6 rings (SSSR count). The summed E-state index contributed by atoms with van der Waals surface area (Å²) in [6.07, 6.45) is 19.5. The third-order valence-electron chi connectivity index (χ3n) is 11.2. The molecule has 0 aromatic rings. The standard InChI is InChI=1S/C34H56O6/c1-5-30(15-19-38-30)13-9-7-11-17-36-32-21-28-22-33(24-32,26-34(23-28,25-32)40-29(35)27(3)4)37-18-12-8-10-14-31(6-2)16-20-39-31/h28H,3,5-26H2,1-2,4H3. The van der Waals surface area contributed by atoms with E-state index in [4.69, 9.17) is 23.7 Å². The molecule has 0 spiro atoms. The zero-order chi connectivity index (χ0) is 28.3. The van der Waals surface area contributed by atoms with Crippen molar-refractivity contribution >= 4 is 5.97 Å². The second kappa shape index (κ2) is 12.3. The number of esters is 1. The molecule has 40 heavy (non-hydrogen) atoms. The predicted octanol–water partition coefficient (Wildman–Crippen LogP) is 7.61. The lowest BCUT2D eigenvalue weighted by Gasteiger charge is -2.64. The van der Waals surface area contributed by atoms with Crippen LogP contribution in [-0.4, -0.2) is 60.4 Å². The van der Waals surface area contributed by atoms with E-state index in [1.807, 2.05) is 0 Å². The van der Waals surface area contributed by atoms with Crippen LogP contribution in [0.4, 0.5) is 0 Å². The summed E-state index contributed by atoms with van der Waals surface area (Å²) in [6.45, 7) is 13.5. The molecule has 228 valence electrons. The van der Waals surface area contributed by atoms with E-state index in [1.54, 1.807) is 6.92 Å². The SMILES string of the molecule is C=C(C)C(=O)OC12CC3CC(OCCCCCC4(CC)CCO4)(CC(OCCCCCC4(CC)CCO4)(C3)C1)C2. The molecule has 4 saturated carbocycles. The quantitative estimate of drug-likeness (QED) is 0.0976. The zero-order valence-electron chi connectivity index (χ0n) is 25.8. The van der Waals surface area contributed by atoms with Gasteiger partial charge in [-0.2, -0.15) is 0 Å². The predicted molar refractivity (Wildman–Crippen MR) is 156 cm³/mol. The first-order chi connectivity index (χ1) is 19.2. The fourth-order valence-electron chi connectivity index (χ4n) is 9.01. The Morgan fingerprint density at radius 2 is 1.20 bits per heavy atom. The van der Waals surface area contributed by atoms with Crippen molar-refractivity contribution in [3.8, 4) is 0 Å². The molecule has 4 bridgehead atoms. The van der Waals surface area contributed by atoms with Gasteiger partial charge in [0.05, 0.1) is 35.6 Å². The Balaban J connectivity index is 1.14. The number of rotatable bonds is 18. The number of hydrogen-bond acceptors (Lipinski definition) is 6. The number of hydrogen-bond donors (Lipinski definition) is 0. The van der Waals surface area contributed by atoms with Gasteiger partial charge < -0.3 is 23.7 Å². The molecular weight excluding hydrogens is 504 g/mol. The van der Waals surface area contributed by atoms with Gasteiger partial charge in [-0.3, -0.25) is 0 Å². The Bertz CT molecular complexity index is 828. The highest BCUT2D eigenvalue weighted by atomic mass is 16.6. The zero-order valence-corrected chi connectivity index (χ0v) is 25.8. The molecule has 6 aliphatic rings. The van der Waals surface area contributed by atoms with Crippen LogP contribution in [0.3, 0.4) is 0 Å². The third-order valence-corrected chi connectivity index (χ3v) is 11.2. The highest BCUT2D eigenvalue weighted by Gasteiger charge is 2.66. The van der Waals surface area contributed by atoms with Crippen molar-refractivity contribution in [1.82, 2.24) is 0 Å². The Kier molecular flexibility index (Phi) is 9.41. The van der Waals surface area contributed by atoms with Crippen molar-refractivity contribution in [2.24, 2.45) is 5.92 Å². The van der Waals surface area contributed by atoms with Crippen LogP contribution in [0.25, 0.3) is 0 Å². The Hall–Kier alpha value is -0.950. The lowest BCUT2D eigenvalue weighted by molar-refractivity contribution is -0.283. The summed E-state index contributed by atoms with van der Waals surface area (Å²) in [6, 6.07) is 0. The van der Waals surface area contributed by atoms with Gasteiger partial charge in [0.15, 0.2) is 0 Å². The maximum absolute atomic E-state index is 12.7. The first-order valence-corrected chi connectivity index (χ1v) is 16.6. The number of unbranched alkanes of at least 4 members (excludes halogenated alkanes) is 4. The summed E-state index contributed by atoms with van der Waals surface area (Å²) in [4.78, 5) is 12.7. The fraction of sp³-hybridized carbons (Fsp3) is 0.912. The molecule has 6 fully saturated rings. The molecule has 6 heteroatoms. The molecule has 0 N–H and O–H groups in total. The summed E-state index contributed by atoms with van der Waals surface area (Å²) in [5, 5.41) is 0. The summed E-state index contributed by atoms with van der Waals surface area (Å²) in [5.74, 6) is 0.216. The van der Waals surface area contributed by atoms with Crippen LogP contribution in [0.15, 0.2) is 12.2 Å². The molecule has 0 aromatic heterocycles. The van der Waals surface area contributed by atoms with Crippen molar-refractivity contribution in [3.63, 3.8) is 0 Å². The van der Waals surface area contributed by atoms with E-state index >= 15 is 0 Å². The van der Waals surface area contributed by atoms with Crippen LogP contribution in [0.2, 0.25) is 0 Å². The van der Waals surface area contributed by atoms with Crippen molar-refractivity contribution < 1.29 is 28.5 Å². The highest BCUT2D eigenvalue weighted by Crippen LogP contribution is 2.63. The molecule has 2 aliphatic heterocycles. The number of carbonyl (C=O) groups excluding carboxylic acids is 1. The minimum atomic E-state index is -0.487. The van der Waals surface area contributed by atoms with Crippen LogP contribution in [0, 0.1) is 5.92 Å². The smallest absolute Gasteiger partial charge is 0.333 e. The van der Waals surface area contributed by atoms with Gasteiger partial charge in [-0.05, 0) is 83.5 Å². The normalized spacial score (nSPS) is 39.5. The minimum absolute atomic E-state index is 0.159. The second-order valence-corrected chi connectivity index (χ2v) is 14.3. The fourth-order valence-corrected chi connectivity index (χ4v) is 9.01. The Morgan fingerprint density at radius 1 is 0.750 bits per heavy atom. The van der Waals surface area contributed by atoms with Crippen LogP contribution >= 0.6 is 0 Å². The average molecular weight is 561 g/mol. The highest BCUT2D eigenvalue weighted by molar-refractivity contribution is 5.87. The van der Waals surface area contributed by atoms with Crippen molar-refractivity contribution in [3.05, 3.63) is 12.2 Å². The molecule has 0 amide bonds. The first kappa shape index (κ1) is 30.5. The van der Waals surface area contributed by atoms with E-state index < -0.39 is 5.60 Å². The summed E-state index contributed by atoms with van der Waals surface area (Å²) in [5.41, 5.74) is -0.184. The second-order valence-electron chi connectivity index (χ2n) is 14.3. The van der Waals surface area contributed by atoms with E-state index in [2.05, 4.69) is 20.4 Å². The van der Waals surface area contributed by atoms with E-state index in [9.17, 15) is 4.79 Å². The maximum Gasteiger partial charge on any atom is 0.333 e. The number of carbonyl (C=O) groups is 1. The summed E-state index contributed by atoms with van der Waals surface area (Å²) in [7, 11) is 0. The van der Waals surface area contributed by atoms with Crippen molar-refractivity contribution in [1.29, 1.82) is 0 Å². The first-order valence-electron chi connectivity index (χ1n) is 16.6. The molecule has 0 aromatic carbocycles. The molecule has 2 heterocycles. The third kappa shape index (κ3) is 6.66. The molecule has 4 atom stereocenters. The van der Waals surface area contributed by atoms with Gasteiger partial charge >= 0.3 is 5.97 Å². The number of ether oxygens (including phenoxy) is 5. The van der Waals surface area contributed by atoms with Crippen LogP contribution < -0.4 is 0 Å². The van der Waals surface area contributed by atoms with Crippen LogP contribution in [0.5, 0.6) is 0 Å². The summed E-state index contributed by atoms with van der Waals surface area (Å²) < 4.78 is 31.7. The molecule has 6 nitrogen and oxygen atoms in total. The van der Waals surface area contributed by atoms with Crippen molar-refractivity contribution in [2.75, 3.05) is 26.4 Å². The Labute approximate surface area is 243 Å². The topological polar surface area (TPSA) is 63.2 Å². The Morgan fingerprint density at radius 3 is 1.60 bits per heavy atom. The van der Waals surface area contributed by atoms with Crippen LogP contribution in [0.1, 0.15) is 136 Å². The van der Waals surface area contributed by atoms with E-state index in [1.165, 1.54) is 51.4 Å². The minimum Gasteiger partial charge on any atom is -0.455 e. The largest absolute Gasteiger partial charge is 0.455 e. The van der Waals surface area contributed by atoms with Crippen LogP contribution in [-0.2, 0) is 28.5 Å². The van der Waals surface area contributed by atoms with E-state index in [0.29, 0.717) is 11.5 Å². The van der Waals surface area contributed by atoms with Gasteiger partial charge in [0, 0.05) is 38.0 Å². The van der Waals surface area contributed by atoms with Gasteiger partial charge in [0.1, 0.15) is 5.60 Å². The molecule has 0 radical (unpaired) electrons.